The van der Waals surface area contributed by atoms with Crippen molar-refractivity contribution in [2.24, 2.45) is 0 Å². The van der Waals surface area contributed by atoms with Crippen LogP contribution in [0.25, 0.3) is 5.73 Å². The Hall–Kier alpha value is 1.23. The molecule has 0 radical (unpaired) electrons. The molecule has 0 aromatic heterocycles. The molecule has 56 valence electrons. The first-order valence-corrected chi connectivity index (χ1v) is 3.01. The second-order valence-corrected chi connectivity index (χ2v) is 1.35. The molecule has 0 aliphatic heterocycles. The molecule has 10 heavy (non-hydrogen) atoms. The van der Waals surface area contributed by atoms with Gasteiger partial charge in [0.1, 0.15) is 5.78 Å². The van der Waals surface area contributed by atoms with Crippen LogP contribution in [0.2, 0.25) is 0 Å². The first-order chi connectivity index (χ1) is 4.18. The minimum Gasteiger partial charge on any atom is -0.667 e. The predicted molar refractivity (Wildman–Crippen MR) is 37.2 cm³/mol. The molecule has 0 aromatic carbocycles. The van der Waals surface area contributed by atoms with Gasteiger partial charge in [-0.3, -0.25) is 0 Å². The molecule has 1 atom stereocenters. The SMILES string of the molecule is CC.CC(=O)C([NH-])CO.[K+]. The summed E-state index contributed by atoms with van der Waals surface area (Å²) in [4.78, 5) is 10.0. The molecule has 0 saturated carbocycles. The number of Topliss-reactive ketones (excluding diaryl/α,β-unsaturated/α-hetero) is 1. The fraction of sp³-hybridized carbons (Fsp3) is 0.833. The van der Waals surface area contributed by atoms with Gasteiger partial charge in [0.2, 0.25) is 0 Å². The standard InChI is InChI=1S/C4H8NO2.C2H6.K/c1-3(7)4(5)2-6;1-2;/h4-6H,2H2,1H3;1-2H3;/q-1;;+1. The van der Waals surface area contributed by atoms with E-state index in [1.54, 1.807) is 0 Å². The first kappa shape index (κ1) is 17.3. The van der Waals surface area contributed by atoms with Crippen molar-refractivity contribution in [3.8, 4) is 0 Å². The molecule has 0 aromatic rings. The number of aliphatic hydroxyl groups excluding tert-OH is 1. The van der Waals surface area contributed by atoms with E-state index in [2.05, 4.69) is 0 Å². The number of aliphatic hydroxyl groups is 1. The van der Waals surface area contributed by atoms with Gasteiger partial charge in [0, 0.05) is 6.61 Å². The van der Waals surface area contributed by atoms with Crippen LogP contribution in [0.3, 0.4) is 0 Å². The summed E-state index contributed by atoms with van der Waals surface area (Å²) in [5, 5.41) is 8.10. The molecule has 0 aliphatic rings. The maximum Gasteiger partial charge on any atom is 1.00 e. The molecule has 3 nitrogen and oxygen atoms in total. The van der Waals surface area contributed by atoms with E-state index in [1.807, 2.05) is 13.8 Å². The summed E-state index contributed by atoms with van der Waals surface area (Å²) in [6.45, 7) is 4.92. The summed E-state index contributed by atoms with van der Waals surface area (Å²) >= 11 is 0. The number of carbonyl (C=O) groups excluding carboxylic acids is 1. The Labute approximate surface area is 105 Å². The van der Waals surface area contributed by atoms with Crippen molar-refractivity contribution < 1.29 is 61.3 Å². The smallest absolute Gasteiger partial charge is 0.667 e. The molecule has 0 heterocycles. The predicted octanol–water partition coefficient (Wildman–Crippen LogP) is -1.98. The second kappa shape index (κ2) is 12.9. The van der Waals surface area contributed by atoms with E-state index in [0.717, 1.165) is 0 Å². The number of rotatable bonds is 2. The minimum atomic E-state index is -0.931. The van der Waals surface area contributed by atoms with Crippen LogP contribution in [-0.2, 0) is 4.79 Å². The molecule has 1 unspecified atom stereocenters. The van der Waals surface area contributed by atoms with Crippen molar-refractivity contribution in [1.82, 2.24) is 0 Å². The summed E-state index contributed by atoms with van der Waals surface area (Å²) < 4.78 is 0. The van der Waals surface area contributed by atoms with Crippen molar-refractivity contribution in [2.45, 2.75) is 26.8 Å². The van der Waals surface area contributed by atoms with Gasteiger partial charge in [0.25, 0.3) is 0 Å². The molecule has 0 fully saturated rings. The van der Waals surface area contributed by atoms with Crippen molar-refractivity contribution in [1.29, 1.82) is 0 Å². The van der Waals surface area contributed by atoms with Gasteiger partial charge in [0.15, 0.2) is 0 Å². The Balaban J connectivity index is -0.000000149. The Bertz CT molecular complexity index is 78.1. The van der Waals surface area contributed by atoms with Gasteiger partial charge in [-0.25, -0.2) is 0 Å². The number of nitrogens with one attached hydrogen (secondary N) is 1. The van der Waals surface area contributed by atoms with Crippen LogP contribution in [0.1, 0.15) is 20.8 Å². The molecule has 0 rings (SSSR count). The van der Waals surface area contributed by atoms with Crippen molar-refractivity contribution in [3.05, 3.63) is 5.73 Å². The maximum atomic E-state index is 10.0. The molecular formula is C6H14KNO2. The van der Waals surface area contributed by atoms with Gasteiger partial charge in [-0.1, -0.05) is 19.9 Å². The van der Waals surface area contributed by atoms with E-state index in [-0.39, 0.29) is 63.8 Å². The largest absolute Gasteiger partial charge is 1.00 e. The average Bonchev–Trinajstić information content (AvgIpc) is 1.91. The van der Waals surface area contributed by atoms with E-state index < -0.39 is 6.04 Å². The van der Waals surface area contributed by atoms with Gasteiger partial charge in [-0.05, 0) is 6.92 Å². The van der Waals surface area contributed by atoms with Crippen LogP contribution >= 0.6 is 0 Å². The van der Waals surface area contributed by atoms with Gasteiger partial charge >= 0.3 is 51.4 Å². The summed E-state index contributed by atoms with van der Waals surface area (Å²) in [5.41, 5.74) is 6.68. The van der Waals surface area contributed by atoms with E-state index >= 15 is 0 Å². The zero-order valence-corrected chi connectivity index (χ0v) is 10.3. The Kier molecular flexibility index (Phi) is 22.3. The zero-order valence-electron chi connectivity index (χ0n) is 7.14. The fourth-order valence-electron chi connectivity index (χ4n) is 0.129. The van der Waals surface area contributed by atoms with Crippen LogP contribution < -0.4 is 51.4 Å². The van der Waals surface area contributed by atoms with Crippen molar-refractivity contribution in [3.63, 3.8) is 0 Å². The third-order valence-electron chi connectivity index (χ3n) is 0.673. The van der Waals surface area contributed by atoms with E-state index in [9.17, 15) is 4.79 Å². The molecular weight excluding hydrogens is 157 g/mol. The fourth-order valence-corrected chi connectivity index (χ4v) is 0.129. The molecule has 0 spiro atoms. The Morgan fingerprint density at radius 1 is 1.60 bits per heavy atom. The molecule has 0 saturated heterocycles. The summed E-state index contributed by atoms with van der Waals surface area (Å²) in [7, 11) is 0. The van der Waals surface area contributed by atoms with Crippen molar-refractivity contribution in [2.75, 3.05) is 6.61 Å². The monoisotopic (exact) mass is 171 g/mol. The topological polar surface area (TPSA) is 61.1 Å². The molecule has 4 heteroatoms. The van der Waals surface area contributed by atoms with Gasteiger partial charge in [-0.15, -0.1) is 0 Å². The minimum absolute atomic E-state index is 0. The Morgan fingerprint density at radius 2 is 1.90 bits per heavy atom. The molecule has 2 N–H and O–H groups in total. The summed E-state index contributed by atoms with van der Waals surface area (Å²) in [5.74, 6) is -0.289. The third kappa shape index (κ3) is 12.0. The number of hydrogen-bond acceptors (Lipinski definition) is 2. The van der Waals surface area contributed by atoms with Crippen LogP contribution in [-0.4, -0.2) is 23.5 Å². The second-order valence-electron chi connectivity index (χ2n) is 1.35. The van der Waals surface area contributed by atoms with Crippen LogP contribution in [0.15, 0.2) is 0 Å². The maximum absolute atomic E-state index is 10.0. The van der Waals surface area contributed by atoms with Gasteiger partial charge in [0.05, 0.1) is 0 Å². The third-order valence-corrected chi connectivity index (χ3v) is 0.673. The van der Waals surface area contributed by atoms with E-state index in [1.165, 1.54) is 6.92 Å². The normalized spacial score (nSPS) is 10.1. The van der Waals surface area contributed by atoms with E-state index in [0.29, 0.717) is 0 Å². The van der Waals surface area contributed by atoms with Crippen LogP contribution in [0, 0.1) is 0 Å². The van der Waals surface area contributed by atoms with Gasteiger partial charge in [-0.2, -0.15) is 0 Å². The average molecular weight is 171 g/mol. The number of hydrogen-bond donors (Lipinski definition) is 1. The first-order valence-electron chi connectivity index (χ1n) is 3.01. The van der Waals surface area contributed by atoms with Gasteiger partial charge < -0.3 is 15.6 Å². The summed E-state index contributed by atoms with van der Waals surface area (Å²) in [6.07, 6.45) is 0. The molecule has 0 aliphatic carbocycles. The van der Waals surface area contributed by atoms with Crippen LogP contribution in [0.5, 0.6) is 0 Å². The summed E-state index contributed by atoms with van der Waals surface area (Å²) in [6, 6.07) is -0.931. The molecule has 0 amide bonds. The number of ketones is 1. The molecule has 0 bridgehead atoms. The van der Waals surface area contributed by atoms with E-state index in [4.69, 9.17) is 10.8 Å². The zero-order chi connectivity index (χ0) is 7.86. The quantitative estimate of drug-likeness (QED) is 0.489. The number of carbonyl (C=O) groups is 1. The Morgan fingerprint density at radius 3 is 1.90 bits per heavy atom. The van der Waals surface area contributed by atoms with Crippen molar-refractivity contribution >= 4 is 5.78 Å². The van der Waals surface area contributed by atoms with Crippen LogP contribution in [0.4, 0.5) is 0 Å².